The molecule has 0 aromatic rings. The van der Waals surface area contributed by atoms with Gasteiger partial charge in [-0.25, -0.2) is 4.79 Å². The Morgan fingerprint density at radius 2 is 0.457 bits per heavy atom. The van der Waals surface area contributed by atoms with E-state index in [2.05, 4.69) is 85.1 Å². The van der Waals surface area contributed by atoms with E-state index in [1.807, 2.05) is 0 Å². The highest BCUT2D eigenvalue weighted by molar-refractivity contribution is 6.01. The highest BCUT2D eigenvalue weighted by atomic mass is 16.4. The first kappa shape index (κ1) is 114. The number of aliphatic carboxylic acids is 6. The third-order valence-electron chi connectivity index (χ3n) is 19.1. The van der Waals surface area contributed by atoms with E-state index in [0.717, 1.165) is 6.92 Å². The predicted octanol–water partition coefficient (Wildman–Crippen LogP) is -10.4. The average molecular weight is 1820 g/mol. The predicted molar refractivity (Wildman–Crippen MR) is 449 cm³/mol. The normalized spacial score (nSPS) is 14.8. The van der Waals surface area contributed by atoms with Crippen LogP contribution in [-0.4, -0.2) is 307 Å². The van der Waals surface area contributed by atoms with Crippen LogP contribution in [0.25, 0.3) is 0 Å². The maximum atomic E-state index is 14.8. The lowest BCUT2D eigenvalue weighted by molar-refractivity contribution is -0.144. The van der Waals surface area contributed by atoms with E-state index in [0.29, 0.717) is 6.42 Å². The zero-order valence-corrected chi connectivity index (χ0v) is 71.6. The molecule has 0 aliphatic carbocycles. The number of hydrogen-bond donors (Lipinski definition) is 34. The number of carbonyl (C=O) groups is 19. The molecule has 0 saturated heterocycles. The number of unbranched alkanes of at least 4 members (excludes halogenated alkanes) is 3. The summed E-state index contributed by atoms with van der Waals surface area (Å²) in [6, 6.07) is -24.6. The number of hydrogen-bond acceptors (Lipinski definition) is 28. The van der Waals surface area contributed by atoms with Crippen LogP contribution in [0.5, 0.6) is 0 Å². The lowest BCUT2D eigenvalue weighted by atomic mass is 10.0. The monoisotopic (exact) mass is 1820 g/mol. The van der Waals surface area contributed by atoms with Crippen LogP contribution in [0.3, 0.4) is 0 Å². The van der Waals surface area contributed by atoms with Crippen LogP contribution < -0.4 is 125 Å². The van der Waals surface area contributed by atoms with Gasteiger partial charge in [0, 0.05) is 51.7 Å². The molecule has 13 amide bonds. The van der Waals surface area contributed by atoms with Crippen LogP contribution in [0, 0.1) is 22.1 Å². The number of amides is 13. The molecule has 0 saturated carbocycles. The Hall–Kier alpha value is -12.5. The van der Waals surface area contributed by atoms with Gasteiger partial charge in [-0.05, 0) is 168 Å². The van der Waals surface area contributed by atoms with Crippen LogP contribution in [-0.2, 0) is 91.1 Å². The number of guanidine groups is 3. The fourth-order valence-corrected chi connectivity index (χ4v) is 12.0. The Morgan fingerprint density at radius 3 is 0.669 bits per heavy atom. The molecule has 41 N–H and O–H groups in total. The lowest BCUT2D eigenvalue weighted by Gasteiger charge is -2.30. The summed E-state index contributed by atoms with van der Waals surface area (Å²) in [5.41, 5.74) is 39.4. The van der Waals surface area contributed by atoms with Crippen LogP contribution in [0.1, 0.15) is 188 Å². The fourth-order valence-electron chi connectivity index (χ4n) is 12.0. The van der Waals surface area contributed by atoms with Gasteiger partial charge in [0.2, 0.25) is 76.8 Å². The molecule has 0 aliphatic rings. The largest absolute Gasteiger partial charge is 0.481 e. The highest BCUT2D eigenvalue weighted by Gasteiger charge is 2.40. The highest BCUT2D eigenvalue weighted by Crippen LogP contribution is 2.15. The summed E-state index contributed by atoms with van der Waals surface area (Å²) in [7, 11) is 0. The van der Waals surface area contributed by atoms with E-state index in [4.69, 9.17) is 61.5 Å². The molecule has 53 heteroatoms. The van der Waals surface area contributed by atoms with Gasteiger partial charge in [0.25, 0.3) is 0 Å². The number of nitrogens with two attached hydrogens (primary N) is 7. The topological polar surface area (TPSA) is 932 Å². The summed E-state index contributed by atoms with van der Waals surface area (Å²) in [6.45, 7) is 4.83. The van der Waals surface area contributed by atoms with Crippen molar-refractivity contribution in [3.05, 3.63) is 0 Å². The van der Waals surface area contributed by atoms with Gasteiger partial charge >= 0.3 is 35.8 Å². The second kappa shape index (κ2) is 62.6. The van der Waals surface area contributed by atoms with E-state index in [1.165, 1.54) is 20.8 Å². The maximum Gasteiger partial charge on any atom is 0.326 e. The van der Waals surface area contributed by atoms with E-state index >= 15 is 0 Å². The number of aliphatic hydroxyl groups is 2. The van der Waals surface area contributed by atoms with Crippen molar-refractivity contribution in [1.82, 2.24) is 85.1 Å². The summed E-state index contributed by atoms with van der Waals surface area (Å²) < 4.78 is 0. The number of carboxylic acid groups (broad SMARTS) is 6. The zero-order chi connectivity index (χ0) is 96.8. The first-order chi connectivity index (χ1) is 59.6. The second-order valence-corrected chi connectivity index (χ2v) is 30.2. The Kier molecular flexibility index (Phi) is 56.4. The summed E-state index contributed by atoms with van der Waals surface area (Å²) in [5, 5.41) is 140. The Labute approximate surface area is 731 Å². The number of nitrogens with one attached hydrogen (secondary N) is 19. The minimum atomic E-state index is -2.13. The van der Waals surface area contributed by atoms with Gasteiger partial charge in [0.1, 0.15) is 84.6 Å². The van der Waals surface area contributed by atoms with E-state index in [1.54, 1.807) is 0 Å². The molecule has 0 aromatic heterocycles. The van der Waals surface area contributed by atoms with Crippen molar-refractivity contribution < 1.29 is 132 Å². The molecule has 0 rings (SSSR count). The molecule has 0 fully saturated rings. The molecule has 0 aliphatic heterocycles. The number of rotatable bonds is 69. The molecule has 16 atom stereocenters. The first-order valence-corrected chi connectivity index (χ1v) is 41.3. The summed E-state index contributed by atoms with van der Waals surface area (Å²) in [4.78, 5) is 256. The van der Waals surface area contributed by atoms with Crippen LogP contribution >= 0.6 is 0 Å². The standard InChI is InChI=1S/C74H132N26O27/c1-36(2)56(69(124)97-47(22-27-52(107)108)66(121)93-44(19-13-35-87-74(83)84)61(116)94-45(20-25-50(103)104)64(119)90-41(16-7-10-32-77)63(118)98-49(71(126)127)24-29-54(111)112)99-70(125)57(38(4)102)100-67(122)48(23-28-53(109)110)95-62(117)43(18-12-34-86-73(81)82)92-60(115)42(17-11-33-85-72(79)80)91-59(114)39(14-5-8-30-75)88-58(113)40(15-6-9-31-76)89-65(120)46(21-26-51(105)106)96-68(123)55(78)37(3)101/h36-49,55-57,101-102H,5-35,75-78H2,1-4H3,(H,88,113)(H,89,120)(H,90,119)(H,91,114)(H,92,115)(H,93,121)(H,94,116)(H,95,117)(H,96,123)(H,97,124)(H,98,118)(H,99,125)(H,100,122)(H,103,104)(H,105,106)(H,107,108)(H,109,110)(H,111,112)(H,126,127)(H4,79,80,85)(H4,81,82,86)(H4,83,84,87)/t37-,38-,39+,40+,41+,42+,43+,44+,45+,46+,47+,48+,49+,55+,56+,57+/m1/s1. The molecule has 0 aromatic carbocycles. The number of aliphatic hydroxyl groups excluding tert-OH is 2. The van der Waals surface area contributed by atoms with Crippen molar-refractivity contribution in [2.24, 2.45) is 46.1 Å². The van der Waals surface area contributed by atoms with E-state index in [9.17, 15) is 127 Å². The van der Waals surface area contributed by atoms with Crippen molar-refractivity contribution in [1.29, 1.82) is 16.2 Å². The van der Waals surface area contributed by atoms with Gasteiger partial charge in [-0.2, -0.15) is 0 Å². The third-order valence-corrected chi connectivity index (χ3v) is 19.1. The molecule has 0 bridgehead atoms. The van der Waals surface area contributed by atoms with Crippen molar-refractivity contribution in [2.45, 2.75) is 285 Å². The van der Waals surface area contributed by atoms with Crippen molar-refractivity contribution >= 4 is 130 Å². The Morgan fingerprint density at radius 1 is 0.260 bits per heavy atom. The molecule has 127 heavy (non-hydrogen) atoms. The first-order valence-electron chi connectivity index (χ1n) is 41.3. The second-order valence-electron chi connectivity index (χ2n) is 30.2. The molecule has 0 radical (unpaired) electrons. The minimum Gasteiger partial charge on any atom is -0.481 e. The molecular weight excluding hydrogens is 1680 g/mol. The zero-order valence-electron chi connectivity index (χ0n) is 71.6. The van der Waals surface area contributed by atoms with Crippen LogP contribution in [0.4, 0.5) is 0 Å². The molecule has 0 spiro atoms. The Balaban J connectivity index is 7.70. The molecule has 0 unspecified atom stereocenters. The summed E-state index contributed by atoms with van der Waals surface area (Å²) in [6.07, 6.45) is -11.2. The summed E-state index contributed by atoms with van der Waals surface area (Å²) >= 11 is 0. The van der Waals surface area contributed by atoms with Gasteiger partial charge in [-0.15, -0.1) is 0 Å². The van der Waals surface area contributed by atoms with Gasteiger partial charge in [-0.1, -0.05) is 13.8 Å². The Bertz CT molecular complexity index is 3690. The van der Waals surface area contributed by atoms with Crippen molar-refractivity contribution in [2.75, 3.05) is 39.3 Å². The third kappa shape index (κ3) is 49.7. The molecule has 0 heterocycles. The van der Waals surface area contributed by atoms with Crippen LogP contribution in [0.2, 0.25) is 0 Å². The summed E-state index contributed by atoms with van der Waals surface area (Å²) in [5.74, 6) is -26.9. The lowest BCUT2D eigenvalue weighted by Crippen LogP contribution is -2.62. The maximum absolute atomic E-state index is 14.8. The van der Waals surface area contributed by atoms with E-state index in [-0.39, 0.29) is 116 Å². The van der Waals surface area contributed by atoms with Crippen LogP contribution in [0.15, 0.2) is 0 Å². The van der Waals surface area contributed by atoms with Crippen molar-refractivity contribution in [3.8, 4) is 0 Å². The number of carboxylic acids is 6. The SMILES string of the molecule is CC(C)[C@H](NC(=O)[C@@H](NC(=O)[C@H](CCC(=O)O)NC(=O)[C@H](CCCNC(=N)N)NC(=O)[C@H](CCCNC(=N)N)NC(=O)[C@H](CCCCN)NC(=O)[C@H](CCCCN)NC(=O)[C@H](CCC(=O)O)NC(=O)[C@@H](N)[C@@H](C)O)[C@@H](C)O)C(=O)N[C@@H](CCC(=O)O)C(=O)N[C@@H](CCCNC(=N)N)C(=O)N[C@@H](CCC(=O)O)C(=O)N[C@@H](CCCCN)C(=O)N[C@@H](CCC(=O)O)C(=O)O. The van der Waals surface area contributed by atoms with E-state index < -0.39 is 310 Å². The fraction of sp³-hybridized carbons (Fsp3) is 0.703. The van der Waals surface area contributed by atoms with Gasteiger partial charge < -0.3 is 166 Å². The minimum absolute atomic E-state index is 0.0587. The van der Waals surface area contributed by atoms with Gasteiger partial charge in [0.05, 0.1) is 12.2 Å². The van der Waals surface area contributed by atoms with Gasteiger partial charge in [-0.3, -0.25) is 103 Å². The molecular formula is C74H132N26O27. The number of carbonyl (C=O) groups excluding carboxylic acids is 13. The van der Waals surface area contributed by atoms with Gasteiger partial charge in [0.15, 0.2) is 17.9 Å². The van der Waals surface area contributed by atoms with Crippen molar-refractivity contribution in [3.63, 3.8) is 0 Å². The quantitative estimate of drug-likeness (QED) is 0.0153. The smallest absolute Gasteiger partial charge is 0.326 e. The molecule has 53 nitrogen and oxygen atoms in total. The average Bonchev–Trinajstić information content (AvgIpc) is 0.845. The molecule has 720 valence electrons.